The number of hydrogen-bond donors (Lipinski definition) is 2. The lowest BCUT2D eigenvalue weighted by Crippen LogP contribution is -2.18. The van der Waals surface area contributed by atoms with Gasteiger partial charge < -0.3 is 10.1 Å². The molecule has 21 heavy (non-hydrogen) atoms. The lowest BCUT2D eigenvalue weighted by Gasteiger charge is -2.10. The van der Waals surface area contributed by atoms with Crippen LogP contribution in [0.1, 0.15) is 16.1 Å². The van der Waals surface area contributed by atoms with Gasteiger partial charge in [-0.2, -0.15) is 5.10 Å². The van der Waals surface area contributed by atoms with Crippen LogP contribution < -0.4 is 10.5 Å². The van der Waals surface area contributed by atoms with Gasteiger partial charge in [-0.25, -0.2) is 5.43 Å². The average molecular weight is 308 g/mol. The minimum Gasteiger partial charge on any atom is -0.867 e. The Morgan fingerprint density at radius 3 is 2.86 bits per heavy atom. The van der Waals surface area contributed by atoms with Gasteiger partial charge in [-0.15, -0.1) is 0 Å². The van der Waals surface area contributed by atoms with Gasteiger partial charge in [-0.3, -0.25) is 14.9 Å². The molecule has 0 aliphatic carbocycles. The lowest BCUT2D eigenvalue weighted by molar-refractivity contribution is -0.398. The van der Waals surface area contributed by atoms with E-state index in [4.69, 9.17) is 11.6 Å². The molecule has 2 rings (SSSR count). The number of hydrogen-bond acceptors (Lipinski definition) is 5. The van der Waals surface area contributed by atoms with Crippen LogP contribution in [0, 0.1) is 10.1 Å². The highest BCUT2D eigenvalue weighted by molar-refractivity contribution is 6.31. The van der Waals surface area contributed by atoms with Crippen molar-refractivity contribution in [2.75, 3.05) is 0 Å². The van der Waals surface area contributed by atoms with Gasteiger partial charge in [0, 0.05) is 17.3 Å². The molecule has 1 aromatic heterocycles. The van der Waals surface area contributed by atoms with E-state index >= 15 is 0 Å². The predicted molar refractivity (Wildman–Crippen MR) is 73.4 cm³/mol. The smallest absolute Gasteiger partial charge is 0.287 e. The highest BCUT2D eigenvalue weighted by Gasteiger charge is 2.11. The van der Waals surface area contributed by atoms with Gasteiger partial charge in [0.1, 0.15) is 5.69 Å². The van der Waals surface area contributed by atoms with Crippen LogP contribution in [0.2, 0.25) is 5.02 Å². The Labute approximate surface area is 123 Å². The van der Waals surface area contributed by atoms with Crippen LogP contribution in [0.3, 0.4) is 0 Å². The van der Waals surface area contributed by atoms with E-state index in [0.717, 1.165) is 12.3 Å². The summed E-state index contributed by atoms with van der Waals surface area (Å²) in [6, 6.07) is 5.35. The van der Waals surface area contributed by atoms with Crippen LogP contribution in [0.15, 0.2) is 35.6 Å². The van der Waals surface area contributed by atoms with Crippen LogP contribution >= 0.6 is 11.6 Å². The number of halogens is 1. The highest BCUT2D eigenvalue weighted by atomic mass is 35.5. The summed E-state index contributed by atoms with van der Waals surface area (Å²) in [4.78, 5) is 24.1. The van der Waals surface area contributed by atoms with E-state index in [9.17, 15) is 20.0 Å². The minimum atomic E-state index is -0.831. The molecule has 0 unspecified atom stereocenters. The normalized spacial score (nSPS) is 10.7. The number of carbonyl (C=O) groups is 1. The van der Waals surface area contributed by atoms with E-state index in [-0.39, 0.29) is 16.3 Å². The molecule has 0 aliphatic heterocycles. The van der Waals surface area contributed by atoms with E-state index in [0.29, 0.717) is 0 Å². The van der Waals surface area contributed by atoms with Crippen LogP contribution in [-0.2, 0) is 0 Å². The number of carbonyl (C=O) groups excluding carboxylic acids is 1. The number of rotatable bonds is 4. The highest BCUT2D eigenvalue weighted by Crippen LogP contribution is 2.29. The van der Waals surface area contributed by atoms with Crippen molar-refractivity contribution >= 4 is 29.4 Å². The number of nitrogens with one attached hydrogen (secondary N) is 2. The summed E-state index contributed by atoms with van der Waals surface area (Å²) in [6.45, 7) is 0. The number of nitro benzene ring substituents is 1. The number of aromatic amines is 1. The first kappa shape index (κ1) is 14.5. The summed E-state index contributed by atoms with van der Waals surface area (Å²) in [5.74, 6) is -1.34. The molecule has 0 spiro atoms. The van der Waals surface area contributed by atoms with Crippen LogP contribution in [-0.4, -0.2) is 22.0 Å². The zero-order valence-electron chi connectivity index (χ0n) is 10.4. The molecule has 9 heteroatoms. The molecule has 0 fully saturated rings. The second-order valence-electron chi connectivity index (χ2n) is 3.88. The summed E-state index contributed by atoms with van der Waals surface area (Å²) in [5, 5.41) is 26.0. The van der Waals surface area contributed by atoms with Gasteiger partial charge in [0.05, 0.1) is 11.1 Å². The molecule has 108 valence electrons. The van der Waals surface area contributed by atoms with Crippen molar-refractivity contribution < 1.29 is 14.8 Å². The maximum atomic E-state index is 11.8. The number of aromatic nitrogens is 1. The van der Waals surface area contributed by atoms with E-state index in [1.807, 2.05) is 0 Å². The molecule has 2 aromatic rings. The summed E-state index contributed by atoms with van der Waals surface area (Å²) in [6.07, 6.45) is 2.57. The SMILES string of the molecule is O=C(N/N=C\c1cc(Cl)cc([N+](=O)[O-])c1[O-])c1ccc[nH]1. The molecular formula is C12H8ClN4O4-. The molecule has 0 bridgehead atoms. The Kier molecular flexibility index (Phi) is 4.19. The number of nitro groups is 1. The van der Waals surface area contributed by atoms with Crippen molar-refractivity contribution in [3.05, 3.63) is 56.9 Å². The summed E-state index contributed by atoms with van der Waals surface area (Å²) >= 11 is 5.69. The standard InChI is InChI=1S/C12H9ClN4O4/c13-8-4-7(11(18)10(5-8)17(20)21)6-15-16-12(19)9-2-1-3-14-9/h1-6,14,18H,(H,16,19)/p-1/b15-6-. The van der Waals surface area contributed by atoms with Gasteiger partial charge in [-0.05, 0) is 29.5 Å². The second-order valence-corrected chi connectivity index (χ2v) is 4.32. The quantitative estimate of drug-likeness (QED) is 0.503. The van der Waals surface area contributed by atoms with Crippen molar-refractivity contribution in [1.82, 2.24) is 10.4 Å². The monoisotopic (exact) mass is 307 g/mol. The summed E-state index contributed by atoms with van der Waals surface area (Å²) in [7, 11) is 0. The zero-order chi connectivity index (χ0) is 15.4. The Morgan fingerprint density at radius 1 is 1.48 bits per heavy atom. The fourth-order valence-electron chi connectivity index (χ4n) is 1.52. The van der Waals surface area contributed by atoms with Crippen molar-refractivity contribution in [1.29, 1.82) is 0 Å². The predicted octanol–water partition coefficient (Wildman–Crippen LogP) is 1.41. The molecule has 0 radical (unpaired) electrons. The van der Waals surface area contributed by atoms with E-state index in [1.54, 1.807) is 12.3 Å². The number of benzene rings is 1. The summed E-state index contributed by atoms with van der Waals surface area (Å²) < 4.78 is 0. The third-order valence-corrected chi connectivity index (χ3v) is 2.69. The third kappa shape index (κ3) is 3.37. The largest absolute Gasteiger partial charge is 0.867 e. The number of nitrogens with zero attached hydrogens (tertiary/aromatic N) is 2. The van der Waals surface area contributed by atoms with Crippen molar-refractivity contribution in [3.8, 4) is 5.75 Å². The molecule has 1 amide bonds. The zero-order valence-corrected chi connectivity index (χ0v) is 11.1. The fourth-order valence-corrected chi connectivity index (χ4v) is 1.74. The molecule has 1 aromatic carbocycles. The van der Waals surface area contributed by atoms with Crippen LogP contribution in [0.25, 0.3) is 0 Å². The van der Waals surface area contributed by atoms with Crippen molar-refractivity contribution in [3.63, 3.8) is 0 Å². The first-order valence-corrected chi connectivity index (χ1v) is 5.98. The van der Waals surface area contributed by atoms with E-state index < -0.39 is 22.3 Å². The number of H-pyrrole nitrogens is 1. The van der Waals surface area contributed by atoms with Crippen LogP contribution in [0.4, 0.5) is 5.69 Å². The molecule has 1 heterocycles. The Bertz CT molecular complexity index is 712. The molecule has 0 saturated carbocycles. The summed E-state index contributed by atoms with van der Waals surface area (Å²) in [5.41, 5.74) is 1.71. The van der Waals surface area contributed by atoms with Gasteiger partial charge >= 0.3 is 0 Å². The van der Waals surface area contributed by atoms with Gasteiger partial charge in [0.2, 0.25) is 0 Å². The van der Waals surface area contributed by atoms with E-state index in [2.05, 4.69) is 15.5 Å². The van der Waals surface area contributed by atoms with Crippen LogP contribution in [0.5, 0.6) is 5.75 Å². The number of hydrazone groups is 1. The van der Waals surface area contributed by atoms with Gasteiger partial charge in [0.25, 0.3) is 11.6 Å². The minimum absolute atomic E-state index is 0.0263. The van der Waals surface area contributed by atoms with Crippen molar-refractivity contribution in [2.45, 2.75) is 0 Å². The molecule has 0 atom stereocenters. The Hall–Kier alpha value is -2.87. The Balaban J connectivity index is 2.18. The maximum absolute atomic E-state index is 11.8. The third-order valence-electron chi connectivity index (χ3n) is 2.47. The second kappa shape index (κ2) is 6.06. The first-order valence-electron chi connectivity index (χ1n) is 5.61. The van der Waals surface area contributed by atoms with E-state index in [1.165, 1.54) is 12.1 Å². The molecule has 0 aliphatic rings. The molecular weight excluding hydrogens is 300 g/mol. The maximum Gasteiger partial charge on any atom is 0.287 e. The molecule has 2 N–H and O–H groups in total. The Morgan fingerprint density at radius 2 is 2.24 bits per heavy atom. The van der Waals surface area contributed by atoms with Crippen molar-refractivity contribution in [2.24, 2.45) is 5.10 Å². The molecule has 0 saturated heterocycles. The first-order chi connectivity index (χ1) is 9.99. The fraction of sp³-hybridized carbons (Fsp3) is 0. The lowest BCUT2D eigenvalue weighted by atomic mass is 10.2. The average Bonchev–Trinajstić information content (AvgIpc) is 2.95. The molecule has 8 nitrogen and oxygen atoms in total. The van der Waals surface area contributed by atoms with Gasteiger partial charge in [0.15, 0.2) is 0 Å². The number of amides is 1. The van der Waals surface area contributed by atoms with Gasteiger partial charge in [-0.1, -0.05) is 11.6 Å². The topological polar surface area (TPSA) is 123 Å².